The van der Waals surface area contributed by atoms with Crippen molar-refractivity contribution in [1.29, 1.82) is 5.26 Å². The van der Waals surface area contributed by atoms with Crippen LogP contribution >= 0.6 is 0 Å². The Hall–Kier alpha value is -1.56. The third-order valence-electron chi connectivity index (χ3n) is 5.47. The first-order valence-corrected chi connectivity index (χ1v) is 8.64. The molecule has 0 amide bonds. The SMILES string of the molecule is N#CC1CCC(C2CCC(CC=CC=CC(=O)O)CC2)CC1. The lowest BCUT2D eigenvalue weighted by Gasteiger charge is -2.36. The molecule has 2 rings (SSSR count). The molecule has 2 aliphatic carbocycles. The van der Waals surface area contributed by atoms with Gasteiger partial charge >= 0.3 is 5.97 Å². The van der Waals surface area contributed by atoms with Crippen molar-refractivity contribution >= 4 is 5.97 Å². The van der Waals surface area contributed by atoms with Crippen LogP contribution in [0.25, 0.3) is 0 Å². The standard InChI is InChI=1S/C19H27NO2/c20-14-16-8-12-18(13-9-16)17-10-6-15(7-11-17)4-2-1-3-5-19(21)22/h1-3,5,15-18H,4,6-13H2,(H,21,22). The fourth-order valence-electron chi connectivity index (χ4n) is 4.10. The highest BCUT2D eigenvalue weighted by Gasteiger charge is 2.30. The minimum Gasteiger partial charge on any atom is -0.478 e. The second kappa shape index (κ2) is 8.78. The molecule has 0 saturated heterocycles. The summed E-state index contributed by atoms with van der Waals surface area (Å²) in [5.74, 6) is 1.93. The molecule has 2 aliphatic rings. The van der Waals surface area contributed by atoms with Crippen LogP contribution in [0.3, 0.4) is 0 Å². The van der Waals surface area contributed by atoms with E-state index in [1.54, 1.807) is 6.08 Å². The van der Waals surface area contributed by atoms with Crippen molar-refractivity contribution in [2.45, 2.75) is 57.8 Å². The summed E-state index contributed by atoms with van der Waals surface area (Å²) in [6.45, 7) is 0. The van der Waals surface area contributed by atoms with E-state index in [0.29, 0.717) is 5.92 Å². The van der Waals surface area contributed by atoms with Gasteiger partial charge in [-0.05, 0) is 75.5 Å². The first kappa shape index (κ1) is 16.8. The van der Waals surface area contributed by atoms with Gasteiger partial charge in [0.15, 0.2) is 0 Å². The lowest BCUT2D eigenvalue weighted by Crippen LogP contribution is -2.25. The molecule has 3 nitrogen and oxygen atoms in total. The van der Waals surface area contributed by atoms with E-state index >= 15 is 0 Å². The second-order valence-electron chi connectivity index (χ2n) is 6.88. The van der Waals surface area contributed by atoms with Crippen LogP contribution in [0.15, 0.2) is 24.3 Å². The largest absolute Gasteiger partial charge is 0.478 e. The van der Waals surface area contributed by atoms with Crippen LogP contribution in [-0.2, 0) is 4.79 Å². The second-order valence-corrected chi connectivity index (χ2v) is 6.88. The lowest BCUT2D eigenvalue weighted by atomic mass is 9.69. The average molecular weight is 301 g/mol. The Morgan fingerprint density at radius 1 is 1.00 bits per heavy atom. The minimum atomic E-state index is -0.892. The van der Waals surface area contributed by atoms with Crippen LogP contribution in [-0.4, -0.2) is 11.1 Å². The number of rotatable bonds is 5. The molecule has 120 valence electrons. The summed E-state index contributed by atoms with van der Waals surface area (Å²) < 4.78 is 0. The van der Waals surface area contributed by atoms with Gasteiger partial charge in [-0.15, -0.1) is 0 Å². The molecule has 3 heteroatoms. The van der Waals surface area contributed by atoms with Gasteiger partial charge in [0.05, 0.1) is 6.07 Å². The molecule has 0 aromatic rings. The first-order valence-electron chi connectivity index (χ1n) is 8.64. The van der Waals surface area contributed by atoms with Gasteiger partial charge < -0.3 is 5.11 Å². The molecule has 1 N–H and O–H groups in total. The zero-order valence-corrected chi connectivity index (χ0v) is 13.3. The van der Waals surface area contributed by atoms with Crippen molar-refractivity contribution in [3.8, 4) is 6.07 Å². The number of carboxylic acid groups (broad SMARTS) is 1. The zero-order valence-electron chi connectivity index (χ0n) is 13.3. The molecule has 0 spiro atoms. The Bertz CT molecular complexity index is 445. The molecular formula is C19H27NO2. The van der Waals surface area contributed by atoms with Crippen molar-refractivity contribution < 1.29 is 9.90 Å². The third-order valence-corrected chi connectivity index (χ3v) is 5.47. The van der Waals surface area contributed by atoms with E-state index in [9.17, 15) is 4.79 Å². The van der Waals surface area contributed by atoms with E-state index in [2.05, 4.69) is 12.1 Å². The molecule has 0 bridgehead atoms. The van der Waals surface area contributed by atoms with Gasteiger partial charge in [-0.2, -0.15) is 5.26 Å². The Balaban J connectivity index is 1.66. The molecule has 2 saturated carbocycles. The van der Waals surface area contributed by atoms with Gasteiger partial charge in [-0.25, -0.2) is 4.79 Å². The molecular weight excluding hydrogens is 274 g/mol. The van der Waals surface area contributed by atoms with Crippen molar-refractivity contribution in [2.75, 3.05) is 0 Å². The maximum Gasteiger partial charge on any atom is 0.328 e. The molecule has 0 atom stereocenters. The molecule has 0 aliphatic heterocycles. The molecule has 0 unspecified atom stereocenters. The highest BCUT2D eigenvalue weighted by Crippen LogP contribution is 2.41. The predicted molar refractivity (Wildman–Crippen MR) is 87.0 cm³/mol. The van der Waals surface area contributed by atoms with Gasteiger partial charge in [0.2, 0.25) is 0 Å². The van der Waals surface area contributed by atoms with E-state index in [4.69, 9.17) is 10.4 Å². The lowest BCUT2D eigenvalue weighted by molar-refractivity contribution is -0.131. The number of hydrogen-bond donors (Lipinski definition) is 1. The van der Waals surface area contributed by atoms with E-state index in [1.165, 1.54) is 44.6 Å². The molecule has 0 radical (unpaired) electrons. The van der Waals surface area contributed by atoms with Gasteiger partial charge in [-0.1, -0.05) is 18.2 Å². The summed E-state index contributed by atoms with van der Waals surface area (Å²) in [5, 5.41) is 17.5. The Kier molecular flexibility index (Phi) is 6.71. The summed E-state index contributed by atoms with van der Waals surface area (Å²) >= 11 is 0. The van der Waals surface area contributed by atoms with Gasteiger partial charge in [0, 0.05) is 12.0 Å². The maximum absolute atomic E-state index is 10.4. The summed E-state index contributed by atoms with van der Waals surface area (Å²) in [7, 11) is 0. The van der Waals surface area contributed by atoms with E-state index in [0.717, 1.165) is 37.0 Å². The third kappa shape index (κ3) is 5.33. The van der Waals surface area contributed by atoms with E-state index in [-0.39, 0.29) is 0 Å². The van der Waals surface area contributed by atoms with Crippen molar-refractivity contribution in [2.24, 2.45) is 23.7 Å². The normalized spacial score (nSPS) is 33.0. The first-order chi connectivity index (χ1) is 10.7. The number of nitrogens with zero attached hydrogens (tertiary/aromatic N) is 1. The van der Waals surface area contributed by atoms with Crippen LogP contribution in [0.4, 0.5) is 0 Å². The van der Waals surface area contributed by atoms with E-state index < -0.39 is 5.97 Å². The quantitative estimate of drug-likeness (QED) is 0.591. The summed E-state index contributed by atoms with van der Waals surface area (Å²) in [4.78, 5) is 10.4. The highest BCUT2D eigenvalue weighted by atomic mass is 16.4. The molecule has 22 heavy (non-hydrogen) atoms. The smallest absolute Gasteiger partial charge is 0.328 e. The fraction of sp³-hybridized carbons (Fsp3) is 0.684. The number of carboxylic acids is 1. The van der Waals surface area contributed by atoms with Crippen LogP contribution in [0.1, 0.15) is 57.8 Å². The molecule has 2 fully saturated rings. The van der Waals surface area contributed by atoms with Gasteiger partial charge in [0.1, 0.15) is 0 Å². The number of allylic oxidation sites excluding steroid dienone is 3. The maximum atomic E-state index is 10.4. The van der Waals surface area contributed by atoms with E-state index in [1.807, 2.05) is 6.08 Å². The van der Waals surface area contributed by atoms with Crippen molar-refractivity contribution in [1.82, 2.24) is 0 Å². The van der Waals surface area contributed by atoms with Crippen LogP contribution < -0.4 is 0 Å². The monoisotopic (exact) mass is 301 g/mol. The Morgan fingerprint density at radius 3 is 2.14 bits per heavy atom. The number of hydrogen-bond acceptors (Lipinski definition) is 2. The number of aliphatic carboxylic acids is 1. The topological polar surface area (TPSA) is 61.1 Å². The summed E-state index contributed by atoms with van der Waals surface area (Å²) in [6, 6.07) is 2.43. The van der Waals surface area contributed by atoms with Crippen LogP contribution in [0, 0.1) is 35.0 Å². The average Bonchev–Trinajstić information content (AvgIpc) is 2.55. The molecule has 0 aromatic carbocycles. The number of carbonyl (C=O) groups is 1. The summed E-state index contributed by atoms with van der Waals surface area (Å²) in [6.07, 6.45) is 17.8. The van der Waals surface area contributed by atoms with Gasteiger partial charge in [0.25, 0.3) is 0 Å². The van der Waals surface area contributed by atoms with Crippen LogP contribution in [0.5, 0.6) is 0 Å². The predicted octanol–water partition coefficient (Wildman–Crippen LogP) is 4.71. The van der Waals surface area contributed by atoms with Gasteiger partial charge in [-0.3, -0.25) is 0 Å². The van der Waals surface area contributed by atoms with Crippen molar-refractivity contribution in [3.63, 3.8) is 0 Å². The number of nitriles is 1. The van der Waals surface area contributed by atoms with Crippen molar-refractivity contribution in [3.05, 3.63) is 24.3 Å². The Labute approximate surface area is 133 Å². The summed E-state index contributed by atoms with van der Waals surface area (Å²) in [5.41, 5.74) is 0. The molecule has 0 heterocycles. The highest BCUT2D eigenvalue weighted by molar-refractivity contribution is 5.80. The fourth-order valence-corrected chi connectivity index (χ4v) is 4.10. The Morgan fingerprint density at radius 2 is 1.59 bits per heavy atom. The van der Waals surface area contributed by atoms with Crippen LogP contribution in [0.2, 0.25) is 0 Å². The molecule has 0 aromatic heterocycles. The zero-order chi connectivity index (χ0) is 15.8. The minimum absolute atomic E-state index is 0.316.